The van der Waals surface area contributed by atoms with E-state index in [1.54, 1.807) is 11.3 Å². The minimum absolute atomic E-state index is 0.442. The number of rotatable bonds is 2. The first-order valence-corrected chi connectivity index (χ1v) is 19.1. The fourth-order valence-corrected chi connectivity index (χ4v) is 10.4. The van der Waals surface area contributed by atoms with Crippen LogP contribution >= 0.6 is 22.9 Å². The van der Waals surface area contributed by atoms with Gasteiger partial charge in [-0.1, -0.05) is 121 Å². The molecule has 0 amide bonds. The Balaban J connectivity index is 1.14. The summed E-state index contributed by atoms with van der Waals surface area (Å²) in [6, 6.07) is 44.7. The molecular weight excluding hydrogens is 674 g/mol. The third-order valence-electron chi connectivity index (χ3n) is 11.4. The summed E-state index contributed by atoms with van der Waals surface area (Å²) in [6.07, 6.45) is 7.36. The van der Waals surface area contributed by atoms with E-state index in [0.29, 0.717) is 5.15 Å². The number of allylic oxidation sites excluding steroid dienone is 1. The van der Waals surface area contributed by atoms with Gasteiger partial charge in [-0.2, -0.15) is 0 Å². The zero-order valence-electron chi connectivity index (χ0n) is 28.0. The number of halogens is 1. The Kier molecular flexibility index (Phi) is 5.89. The van der Waals surface area contributed by atoms with Crippen molar-refractivity contribution in [2.75, 3.05) is 0 Å². The molecule has 7 aromatic carbocycles. The molecule has 0 radical (unpaired) electrons. The molecular formula is C47H28ClN3S. The number of benzene rings is 7. The van der Waals surface area contributed by atoms with E-state index in [2.05, 4.69) is 138 Å². The highest BCUT2D eigenvalue weighted by atomic mass is 35.5. The molecule has 2 aliphatic rings. The van der Waals surface area contributed by atoms with E-state index >= 15 is 0 Å². The average molecular weight is 702 g/mol. The molecule has 0 saturated heterocycles. The smallest absolute Gasteiger partial charge is 0.156 e. The quantitative estimate of drug-likeness (QED) is 0.180. The first kappa shape index (κ1) is 28.8. The topological polar surface area (TPSA) is 30.7 Å². The lowest BCUT2D eigenvalue weighted by Gasteiger charge is -2.14. The Labute approximate surface area is 308 Å². The molecule has 12 rings (SSSR count). The molecule has 0 fully saturated rings. The van der Waals surface area contributed by atoms with Crippen molar-refractivity contribution in [3.8, 4) is 28.1 Å². The standard InChI is InChI=1S/C47H28ClN3S/c48-46-43(50-47-44(49-46)35-15-7-8-16-40(35)52-47)27-17-20-30(21-18-27)51-39-24-29-11-2-1-10-28(29)23-37(39)42-33-14-6-5-13-32(33)41-34-22-19-26-9-3-4-12-31(26)36(34)25-38(41)45(42)51/h1-7,9-15,17-24H,8,16,25H2. The van der Waals surface area contributed by atoms with Crippen LogP contribution in [0.15, 0.2) is 127 Å². The molecule has 0 N–H and O–H groups in total. The van der Waals surface area contributed by atoms with E-state index in [1.807, 2.05) is 0 Å². The Morgan fingerprint density at radius 1 is 0.673 bits per heavy atom. The predicted octanol–water partition coefficient (Wildman–Crippen LogP) is 13.1. The van der Waals surface area contributed by atoms with E-state index in [4.69, 9.17) is 21.6 Å². The summed E-state index contributed by atoms with van der Waals surface area (Å²) in [5, 5.41) is 10.7. The minimum atomic E-state index is 0.442. The molecule has 52 heavy (non-hydrogen) atoms. The van der Waals surface area contributed by atoms with Gasteiger partial charge in [0.05, 0.1) is 11.0 Å². The van der Waals surface area contributed by atoms with Gasteiger partial charge in [-0.3, -0.25) is 0 Å². The summed E-state index contributed by atoms with van der Waals surface area (Å²) in [7, 11) is 0. The second-order valence-electron chi connectivity index (χ2n) is 14.1. The fourth-order valence-electron chi connectivity index (χ4n) is 9.09. The summed E-state index contributed by atoms with van der Waals surface area (Å²) in [4.78, 5) is 12.3. The number of hydrogen-bond acceptors (Lipinski definition) is 3. The van der Waals surface area contributed by atoms with Crippen LogP contribution in [0.4, 0.5) is 0 Å². The number of nitrogens with zero attached hydrogens (tertiary/aromatic N) is 3. The Morgan fingerprint density at radius 3 is 2.27 bits per heavy atom. The van der Waals surface area contributed by atoms with Crippen LogP contribution in [-0.2, 0) is 12.8 Å². The van der Waals surface area contributed by atoms with Gasteiger partial charge in [0, 0.05) is 38.9 Å². The van der Waals surface area contributed by atoms with Crippen molar-refractivity contribution in [1.82, 2.24) is 14.5 Å². The summed E-state index contributed by atoms with van der Waals surface area (Å²) < 4.78 is 2.51. The third kappa shape index (κ3) is 3.91. The molecule has 10 aromatic rings. The molecule has 0 bridgehead atoms. The molecule has 0 atom stereocenters. The molecule has 244 valence electrons. The Bertz CT molecular complexity index is 3220. The maximum atomic E-state index is 6.90. The highest BCUT2D eigenvalue weighted by Gasteiger charge is 2.29. The van der Waals surface area contributed by atoms with E-state index in [0.717, 1.165) is 46.6 Å². The molecule has 0 saturated carbocycles. The van der Waals surface area contributed by atoms with Gasteiger partial charge in [-0.25, -0.2) is 9.97 Å². The minimum Gasteiger partial charge on any atom is -0.309 e. The van der Waals surface area contributed by atoms with Gasteiger partial charge in [0.15, 0.2) is 5.15 Å². The van der Waals surface area contributed by atoms with Crippen molar-refractivity contribution in [2.24, 2.45) is 0 Å². The average Bonchev–Trinajstić information content (AvgIpc) is 3.87. The molecule has 3 nitrogen and oxygen atoms in total. The van der Waals surface area contributed by atoms with Crippen molar-refractivity contribution in [2.45, 2.75) is 19.3 Å². The van der Waals surface area contributed by atoms with Crippen LogP contribution in [0.5, 0.6) is 0 Å². The van der Waals surface area contributed by atoms with Crippen molar-refractivity contribution in [1.29, 1.82) is 0 Å². The van der Waals surface area contributed by atoms with Crippen molar-refractivity contribution in [3.63, 3.8) is 0 Å². The summed E-state index contributed by atoms with van der Waals surface area (Å²) in [5.74, 6) is 0. The van der Waals surface area contributed by atoms with Crippen molar-refractivity contribution < 1.29 is 0 Å². The van der Waals surface area contributed by atoms with Gasteiger partial charge in [0.2, 0.25) is 0 Å². The van der Waals surface area contributed by atoms with Crippen molar-refractivity contribution >= 4 is 93.5 Å². The summed E-state index contributed by atoms with van der Waals surface area (Å²) in [6.45, 7) is 0. The lowest BCUT2D eigenvalue weighted by molar-refractivity contribution is 1.01. The van der Waals surface area contributed by atoms with Gasteiger partial charge >= 0.3 is 0 Å². The Morgan fingerprint density at radius 2 is 1.42 bits per heavy atom. The highest BCUT2D eigenvalue weighted by Crippen LogP contribution is 2.51. The molecule has 3 heterocycles. The van der Waals surface area contributed by atoms with Crippen LogP contribution in [0.1, 0.15) is 28.0 Å². The second-order valence-corrected chi connectivity index (χ2v) is 15.5. The highest BCUT2D eigenvalue weighted by molar-refractivity contribution is 7.18. The third-order valence-corrected chi connectivity index (χ3v) is 12.8. The summed E-state index contributed by atoms with van der Waals surface area (Å²) in [5.41, 5.74) is 12.9. The first-order valence-electron chi connectivity index (χ1n) is 17.9. The number of thiophene rings is 1. The number of aromatic nitrogens is 3. The van der Waals surface area contributed by atoms with Gasteiger partial charge in [-0.05, 0) is 91.7 Å². The summed E-state index contributed by atoms with van der Waals surface area (Å²) >= 11 is 8.64. The number of aryl methyl sites for hydroxylation is 1. The maximum absolute atomic E-state index is 6.90. The number of fused-ring (bicyclic) bond motifs is 16. The molecule has 0 unspecified atom stereocenters. The normalized spacial score (nSPS) is 13.6. The van der Waals surface area contributed by atoms with Crippen LogP contribution in [0.2, 0.25) is 5.15 Å². The predicted molar refractivity (Wildman–Crippen MR) is 220 cm³/mol. The molecule has 0 aliphatic heterocycles. The molecule has 0 spiro atoms. The first-order chi connectivity index (χ1) is 25.7. The second kappa shape index (κ2) is 10.6. The van der Waals surface area contributed by atoms with Gasteiger partial charge in [0.1, 0.15) is 16.0 Å². The monoisotopic (exact) mass is 701 g/mol. The maximum Gasteiger partial charge on any atom is 0.156 e. The van der Waals surface area contributed by atoms with Crippen LogP contribution in [-0.4, -0.2) is 14.5 Å². The lowest BCUT2D eigenvalue weighted by atomic mass is 9.93. The van der Waals surface area contributed by atoms with Crippen LogP contribution in [0, 0.1) is 0 Å². The zero-order valence-corrected chi connectivity index (χ0v) is 29.5. The van der Waals surface area contributed by atoms with Crippen LogP contribution in [0.25, 0.3) is 98.6 Å². The zero-order chi connectivity index (χ0) is 34.1. The van der Waals surface area contributed by atoms with Gasteiger partial charge < -0.3 is 4.57 Å². The van der Waals surface area contributed by atoms with Gasteiger partial charge in [0.25, 0.3) is 0 Å². The van der Waals surface area contributed by atoms with Gasteiger partial charge in [-0.15, -0.1) is 11.3 Å². The Hall–Kier alpha value is -5.81. The largest absolute Gasteiger partial charge is 0.309 e. The van der Waals surface area contributed by atoms with Crippen LogP contribution < -0.4 is 0 Å². The van der Waals surface area contributed by atoms with E-state index in [-0.39, 0.29) is 0 Å². The van der Waals surface area contributed by atoms with E-state index in [1.165, 1.54) is 86.8 Å². The lowest BCUT2D eigenvalue weighted by Crippen LogP contribution is -1.98. The van der Waals surface area contributed by atoms with E-state index < -0.39 is 0 Å². The van der Waals surface area contributed by atoms with Crippen molar-refractivity contribution in [3.05, 3.63) is 154 Å². The van der Waals surface area contributed by atoms with E-state index in [9.17, 15) is 0 Å². The SMILES string of the molecule is Clc1nc2c3c(sc2nc1-c1ccc(-n2c4cc5ccccc5cc4c4c5ccccc5c5c(c42)Cc2c-5ccc4ccccc24)cc1)CCC=C3. The molecule has 5 heteroatoms. The number of hydrogen-bond donors (Lipinski definition) is 0. The van der Waals surface area contributed by atoms with Crippen LogP contribution in [0.3, 0.4) is 0 Å². The molecule has 3 aromatic heterocycles. The molecule has 2 aliphatic carbocycles. The fraction of sp³-hybridized carbons (Fsp3) is 0.0638.